The third-order valence-electron chi connectivity index (χ3n) is 5.32. The Labute approximate surface area is 125 Å². The summed E-state index contributed by atoms with van der Waals surface area (Å²) in [5.41, 5.74) is 4.05. The summed E-state index contributed by atoms with van der Waals surface area (Å²) in [7, 11) is 0. The predicted octanol–water partition coefficient (Wildman–Crippen LogP) is -1.95. The molecule has 118 valence electrons. The fraction of sp³-hybridized carbons (Fsp3) is 0.615. The molecule has 2 aromatic heterocycles. The number of hydrogen-bond acceptors (Lipinski definition) is 8. The van der Waals surface area contributed by atoms with Crippen LogP contribution in [0.15, 0.2) is 12.7 Å². The summed E-state index contributed by atoms with van der Waals surface area (Å²) in [5.74, 6) is 0.0530. The van der Waals surface area contributed by atoms with Crippen LogP contribution < -0.4 is 5.73 Å². The summed E-state index contributed by atoms with van der Waals surface area (Å²) in [6.07, 6.45) is 2.12. The van der Waals surface area contributed by atoms with Crippen LogP contribution in [-0.4, -0.2) is 64.9 Å². The molecule has 4 rings (SSSR count). The van der Waals surface area contributed by atoms with Gasteiger partial charge in [-0.25, -0.2) is 15.0 Å². The SMILES string of the molecule is Nc1ncnc2c1ncn2[C@@H]1C2C[C@@]2(CO)C(O)C1(O)CO. The minimum absolute atomic E-state index is 0.168. The van der Waals surface area contributed by atoms with Crippen molar-refractivity contribution in [1.29, 1.82) is 0 Å². The van der Waals surface area contributed by atoms with E-state index in [1.54, 1.807) is 4.57 Å². The van der Waals surface area contributed by atoms with Gasteiger partial charge in [0.2, 0.25) is 0 Å². The summed E-state index contributed by atoms with van der Waals surface area (Å²) in [6.45, 7) is -0.876. The van der Waals surface area contributed by atoms with Gasteiger partial charge >= 0.3 is 0 Å². The van der Waals surface area contributed by atoms with Crippen molar-refractivity contribution in [3.63, 3.8) is 0 Å². The number of aliphatic hydroxyl groups excluding tert-OH is 3. The zero-order chi connectivity index (χ0) is 15.7. The summed E-state index contributed by atoms with van der Waals surface area (Å²) in [6, 6.07) is -0.640. The van der Waals surface area contributed by atoms with Gasteiger partial charge in [-0.3, -0.25) is 0 Å². The van der Waals surface area contributed by atoms with Crippen LogP contribution in [0.4, 0.5) is 5.82 Å². The number of hydrogen-bond donors (Lipinski definition) is 5. The molecular weight excluding hydrogens is 290 g/mol. The number of nitrogen functional groups attached to an aromatic ring is 1. The third-order valence-corrected chi connectivity index (χ3v) is 5.32. The second-order valence-corrected chi connectivity index (χ2v) is 6.28. The average Bonchev–Trinajstić information content (AvgIpc) is 3.04. The van der Waals surface area contributed by atoms with Gasteiger partial charge < -0.3 is 30.7 Å². The Hall–Kier alpha value is -1.81. The van der Waals surface area contributed by atoms with Crippen LogP contribution >= 0.6 is 0 Å². The van der Waals surface area contributed by atoms with E-state index in [0.29, 0.717) is 17.6 Å². The second kappa shape index (κ2) is 4.13. The lowest BCUT2D eigenvalue weighted by molar-refractivity contribution is -0.136. The third kappa shape index (κ3) is 1.39. The molecular formula is C13H17N5O4. The highest BCUT2D eigenvalue weighted by molar-refractivity contribution is 5.81. The van der Waals surface area contributed by atoms with Gasteiger partial charge in [0.15, 0.2) is 11.5 Å². The number of imidazole rings is 1. The van der Waals surface area contributed by atoms with Gasteiger partial charge in [-0.1, -0.05) is 0 Å². The maximum Gasteiger partial charge on any atom is 0.165 e. The van der Waals surface area contributed by atoms with Crippen LogP contribution in [0.5, 0.6) is 0 Å². The molecule has 9 nitrogen and oxygen atoms in total. The van der Waals surface area contributed by atoms with Crippen LogP contribution in [0.25, 0.3) is 11.2 Å². The first-order valence-electron chi connectivity index (χ1n) is 7.05. The van der Waals surface area contributed by atoms with Gasteiger partial charge in [-0.15, -0.1) is 0 Å². The molecule has 2 aromatic rings. The van der Waals surface area contributed by atoms with Crippen molar-refractivity contribution >= 4 is 17.0 Å². The van der Waals surface area contributed by atoms with Crippen molar-refractivity contribution in [3.05, 3.63) is 12.7 Å². The number of rotatable bonds is 3. The molecule has 2 aliphatic carbocycles. The lowest BCUT2D eigenvalue weighted by atomic mass is 9.88. The Bertz CT molecular complexity index is 751. The van der Waals surface area contributed by atoms with Gasteiger partial charge in [-0.05, 0) is 12.3 Å². The minimum Gasteiger partial charge on any atom is -0.396 e. The molecule has 0 bridgehead atoms. The van der Waals surface area contributed by atoms with Gasteiger partial charge in [0.25, 0.3) is 0 Å². The number of aliphatic hydroxyl groups is 4. The molecule has 22 heavy (non-hydrogen) atoms. The summed E-state index contributed by atoms with van der Waals surface area (Å²) in [5, 5.41) is 40.5. The summed E-state index contributed by atoms with van der Waals surface area (Å²) in [4.78, 5) is 12.2. The van der Waals surface area contributed by atoms with Crippen molar-refractivity contribution in [2.45, 2.75) is 24.2 Å². The maximum absolute atomic E-state index is 10.8. The zero-order valence-electron chi connectivity index (χ0n) is 11.7. The fourth-order valence-corrected chi connectivity index (χ4v) is 4.06. The van der Waals surface area contributed by atoms with Crippen molar-refractivity contribution in [2.24, 2.45) is 11.3 Å². The Morgan fingerprint density at radius 2 is 2.05 bits per heavy atom. The lowest BCUT2D eigenvalue weighted by Crippen LogP contribution is -2.52. The molecule has 2 fully saturated rings. The van der Waals surface area contributed by atoms with E-state index in [1.807, 2.05) is 0 Å². The van der Waals surface area contributed by atoms with Crippen LogP contribution in [0.2, 0.25) is 0 Å². The van der Waals surface area contributed by atoms with E-state index in [9.17, 15) is 20.4 Å². The van der Waals surface area contributed by atoms with Gasteiger partial charge in [0.05, 0.1) is 31.7 Å². The molecule has 0 aromatic carbocycles. The lowest BCUT2D eigenvalue weighted by Gasteiger charge is -2.35. The number of nitrogens with zero attached hydrogens (tertiary/aromatic N) is 4. The summed E-state index contributed by atoms with van der Waals surface area (Å²) >= 11 is 0. The average molecular weight is 307 g/mol. The second-order valence-electron chi connectivity index (χ2n) is 6.28. The van der Waals surface area contributed by atoms with E-state index in [-0.39, 0.29) is 18.3 Å². The van der Waals surface area contributed by atoms with E-state index in [4.69, 9.17) is 5.73 Å². The molecule has 2 saturated carbocycles. The van der Waals surface area contributed by atoms with Gasteiger partial charge in [0, 0.05) is 5.41 Å². The Morgan fingerprint density at radius 1 is 1.27 bits per heavy atom. The first-order chi connectivity index (χ1) is 10.5. The molecule has 5 atom stereocenters. The Morgan fingerprint density at radius 3 is 2.73 bits per heavy atom. The number of aromatic nitrogens is 4. The molecule has 0 aliphatic heterocycles. The molecule has 0 spiro atoms. The predicted molar refractivity (Wildman–Crippen MR) is 74.4 cm³/mol. The number of anilines is 1. The highest BCUT2D eigenvalue weighted by Crippen LogP contribution is 2.70. The molecule has 0 saturated heterocycles. The Balaban J connectivity index is 1.89. The van der Waals surface area contributed by atoms with Crippen molar-refractivity contribution in [3.8, 4) is 0 Å². The number of nitrogens with two attached hydrogens (primary N) is 1. The van der Waals surface area contributed by atoms with E-state index in [1.165, 1.54) is 12.7 Å². The minimum atomic E-state index is -1.76. The van der Waals surface area contributed by atoms with E-state index in [0.717, 1.165) is 0 Å². The van der Waals surface area contributed by atoms with E-state index < -0.39 is 29.8 Å². The molecule has 0 radical (unpaired) electrons. The first kappa shape index (κ1) is 13.8. The standard InChI is InChI=1S/C13H17N5O4/c14-9-7-10(16-4-15-9)18(5-17-7)8-6-1-12(6,2-19)11(21)13(8,22)3-20/h4-6,8,11,19-22H,1-3H2,(H2,14,15,16)/t6?,8-,11?,12+,13?/m1/s1. The largest absolute Gasteiger partial charge is 0.396 e. The highest BCUT2D eigenvalue weighted by atomic mass is 16.4. The van der Waals surface area contributed by atoms with Crippen LogP contribution in [0, 0.1) is 11.3 Å². The molecule has 3 unspecified atom stereocenters. The smallest absolute Gasteiger partial charge is 0.165 e. The van der Waals surface area contributed by atoms with Gasteiger partial charge in [-0.2, -0.15) is 0 Å². The topological polar surface area (TPSA) is 151 Å². The number of fused-ring (bicyclic) bond motifs is 2. The van der Waals surface area contributed by atoms with Crippen molar-refractivity contribution in [1.82, 2.24) is 19.5 Å². The highest BCUT2D eigenvalue weighted by Gasteiger charge is 2.76. The molecule has 2 aliphatic rings. The Kier molecular flexibility index (Phi) is 2.60. The molecule has 6 N–H and O–H groups in total. The molecule has 0 amide bonds. The summed E-state index contributed by atoms with van der Waals surface area (Å²) < 4.78 is 1.61. The van der Waals surface area contributed by atoms with Crippen LogP contribution in [-0.2, 0) is 0 Å². The first-order valence-corrected chi connectivity index (χ1v) is 7.05. The van der Waals surface area contributed by atoms with E-state index in [2.05, 4.69) is 15.0 Å². The zero-order valence-corrected chi connectivity index (χ0v) is 11.7. The van der Waals surface area contributed by atoms with Crippen LogP contribution in [0.3, 0.4) is 0 Å². The molecule has 2 heterocycles. The fourth-order valence-electron chi connectivity index (χ4n) is 4.06. The van der Waals surface area contributed by atoms with Crippen LogP contribution in [0.1, 0.15) is 12.5 Å². The molecule has 9 heteroatoms. The van der Waals surface area contributed by atoms with Gasteiger partial charge in [0.1, 0.15) is 17.4 Å². The quantitative estimate of drug-likeness (QED) is 0.439. The maximum atomic E-state index is 10.8. The van der Waals surface area contributed by atoms with Crippen molar-refractivity contribution in [2.75, 3.05) is 18.9 Å². The normalized spacial score (nSPS) is 40.1. The van der Waals surface area contributed by atoms with Crippen molar-refractivity contribution < 1.29 is 20.4 Å². The monoisotopic (exact) mass is 307 g/mol. The van der Waals surface area contributed by atoms with E-state index >= 15 is 0 Å².